The summed E-state index contributed by atoms with van der Waals surface area (Å²) in [5, 5.41) is 7.33. The molecule has 0 unspecified atom stereocenters. The molecule has 1 aromatic rings. The standard InChI is InChI=1S/C14H24N4O4/c1-4-5-6-7-8-21-11(19)9-18-13(15)12(16-17-18)14(20)22-10(2)3/h10H,4-9,15H2,1-3H3. The van der Waals surface area contributed by atoms with Gasteiger partial charge in [0.05, 0.1) is 12.7 Å². The Morgan fingerprint density at radius 2 is 2.00 bits per heavy atom. The fourth-order valence-corrected chi connectivity index (χ4v) is 1.74. The summed E-state index contributed by atoms with van der Waals surface area (Å²) in [6.07, 6.45) is 3.82. The van der Waals surface area contributed by atoms with Crippen molar-refractivity contribution in [3.8, 4) is 0 Å². The molecule has 0 aliphatic carbocycles. The van der Waals surface area contributed by atoms with Gasteiger partial charge in [-0.05, 0) is 20.3 Å². The van der Waals surface area contributed by atoms with E-state index in [0.717, 1.165) is 30.4 Å². The van der Waals surface area contributed by atoms with Crippen LogP contribution in [0.5, 0.6) is 0 Å². The highest BCUT2D eigenvalue weighted by atomic mass is 16.5. The van der Waals surface area contributed by atoms with Gasteiger partial charge in [-0.3, -0.25) is 4.79 Å². The van der Waals surface area contributed by atoms with E-state index in [9.17, 15) is 9.59 Å². The van der Waals surface area contributed by atoms with Gasteiger partial charge in [0.25, 0.3) is 0 Å². The first-order chi connectivity index (χ1) is 10.5. The van der Waals surface area contributed by atoms with Crippen molar-refractivity contribution < 1.29 is 19.1 Å². The van der Waals surface area contributed by atoms with E-state index in [0.29, 0.717) is 6.61 Å². The molecule has 1 rings (SSSR count). The first kappa shape index (κ1) is 17.9. The van der Waals surface area contributed by atoms with Gasteiger partial charge in [-0.25, -0.2) is 9.48 Å². The van der Waals surface area contributed by atoms with E-state index in [4.69, 9.17) is 15.2 Å². The molecule has 0 atom stereocenters. The van der Waals surface area contributed by atoms with Gasteiger partial charge in [0.1, 0.15) is 6.54 Å². The van der Waals surface area contributed by atoms with Crippen LogP contribution in [0.4, 0.5) is 5.82 Å². The number of nitrogens with zero attached hydrogens (tertiary/aromatic N) is 3. The topological polar surface area (TPSA) is 109 Å². The van der Waals surface area contributed by atoms with Gasteiger partial charge in [0, 0.05) is 0 Å². The quantitative estimate of drug-likeness (QED) is 0.544. The molecular formula is C14H24N4O4. The number of aromatic nitrogens is 3. The number of anilines is 1. The highest BCUT2D eigenvalue weighted by molar-refractivity contribution is 5.92. The normalized spacial score (nSPS) is 10.7. The molecular weight excluding hydrogens is 288 g/mol. The molecule has 2 N–H and O–H groups in total. The van der Waals surface area contributed by atoms with Crippen molar-refractivity contribution in [3.05, 3.63) is 5.69 Å². The van der Waals surface area contributed by atoms with Gasteiger partial charge >= 0.3 is 11.9 Å². The second kappa shape index (κ2) is 9.01. The molecule has 1 heterocycles. The van der Waals surface area contributed by atoms with E-state index in [1.54, 1.807) is 13.8 Å². The second-order valence-electron chi connectivity index (χ2n) is 5.22. The molecule has 0 aliphatic rings. The molecule has 0 saturated heterocycles. The number of unbranched alkanes of at least 4 members (excludes halogenated alkanes) is 3. The summed E-state index contributed by atoms with van der Waals surface area (Å²) in [6.45, 7) is 5.74. The van der Waals surface area contributed by atoms with Crippen LogP contribution in [0.2, 0.25) is 0 Å². The SMILES string of the molecule is CCCCCCOC(=O)Cn1nnc(C(=O)OC(C)C)c1N. The van der Waals surface area contributed by atoms with Gasteiger partial charge in [-0.15, -0.1) is 5.10 Å². The van der Waals surface area contributed by atoms with Crippen LogP contribution in [0.25, 0.3) is 0 Å². The van der Waals surface area contributed by atoms with E-state index in [-0.39, 0.29) is 24.2 Å². The van der Waals surface area contributed by atoms with Crippen molar-refractivity contribution in [2.24, 2.45) is 0 Å². The summed E-state index contributed by atoms with van der Waals surface area (Å²) < 4.78 is 11.2. The molecule has 0 bridgehead atoms. The number of hydrogen-bond donors (Lipinski definition) is 1. The first-order valence-corrected chi connectivity index (χ1v) is 7.51. The summed E-state index contributed by atoms with van der Waals surface area (Å²) in [6, 6.07) is 0. The van der Waals surface area contributed by atoms with Crippen LogP contribution in [-0.4, -0.2) is 39.6 Å². The van der Waals surface area contributed by atoms with E-state index in [2.05, 4.69) is 17.2 Å². The minimum atomic E-state index is -0.660. The predicted octanol–water partition coefficient (Wildman–Crippen LogP) is 1.55. The predicted molar refractivity (Wildman–Crippen MR) is 80.1 cm³/mol. The van der Waals surface area contributed by atoms with E-state index >= 15 is 0 Å². The highest BCUT2D eigenvalue weighted by Gasteiger charge is 2.21. The molecule has 0 amide bonds. The van der Waals surface area contributed by atoms with Gasteiger partial charge in [-0.1, -0.05) is 31.4 Å². The van der Waals surface area contributed by atoms with Crippen LogP contribution < -0.4 is 5.73 Å². The third-order valence-electron chi connectivity index (χ3n) is 2.85. The molecule has 8 nitrogen and oxygen atoms in total. The lowest BCUT2D eigenvalue weighted by atomic mass is 10.2. The lowest BCUT2D eigenvalue weighted by Crippen LogP contribution is -2.18. The smallest absolute Gasteiger partial charge is 0.363 e. The van der Waals surface area contributed by atoms with Crippen LogP contribution in [-0.2, 0) is 20.8 Å². The first-order valence-electron chi connectivity index (χ1n) is 7.51. The molecule has 0 fully saturated rings. The second-order valence-corrected chi connectivity index (χ2v) is 5.22. The maximum absolute atomic E-state index is 11.7. The molecule has 0 aromatic carbocycles. The summed E-state index contributed by atoms with van der Waals surface area (Å²) in [5.41, 5.74) is 5.66. The lowest BCUT2D eigenvalue weighted by Gasteiger charge is -2.07. The minimum absolute atomic E-state index is 0.00594. The van der Waals surface area contributed by atoms with Crippen molar-refractivity contribution in [2.45, 2.75) is 59.1 Å². The fraction of sp³-hybridized carbons (Fsp3) is 0.714. The Kier molecular flexibility index (Phi) is 7.34. The number of carbonyl (C=O) groups excluding carboxylic acids is 2. The summed E-state index contributed by atoms with van der Waals surface area (Å²) >= 11 is 0. The third-order valence-corrected chi connectivity index (χ3v) is 2.85. The Balaban J connectivity index is 2.48. The van der Waals surface area contributed by atoms with Gasteiger partial charge < -0.3 is 15.2 Å². The number of ether oxygens (including phenoxy) is 2. The Labute approximate surface area is 129 Å². The molecule has 8 heteroatoms. The van der Waals surface area contributed by atoms with Crippen LogP contribution in [0.15, 0.2) is 0 Å². The van der Waals surface area contributed by atoms with Crippen LogP contribution in [0, 0.1) is 0 Å². The Morgan fingerprint density at radius 3 is 2.64 bits per heavy atom. The minimum Gasteiger partial charge on any atom is -0.464 e. The van der Waals surface area contributed by atoms with E-state index in [1.165, 1.54) is 0 Å². The lowest BCUT2D eigenvalue weighted by molar-refractivity contribution is -0.144. The monoisotopic (exact) mass is 312 g/mol. The van der Waals surface area contributed by atoms with Crippen molar-refractivity contribution in [2.75, 3.05) is 12.3 Å². The molecule has 1 aromatic heterocycles. The van der Waals surface area contributed by atoms with Crippen LogP contribution in [0.3, 0.4) is 0 Å². The zero-order chi connectivity index (χ0) is 16.5. The van der Waals surface area contributed by atoms with E-state index in [1.807, 2.05) is 0 Å². The average Bonchev–Trinajstić information content (AvgIpc) is 2.79. The van der Waals surface area contributed by atoms with Crippen LogP contribution in [0.1, 0.15) is 56.9 Å². The molecule has 0 saturated carbocycles. The maximum Gasteiger partial charge on any atom is 0.363 e. The number of rotatable bonds is 9. The Morgan fingerprint density at radius 1 is 1.27 bits per heavy atom. The number of carbonyl (C=O) groups is 2. The molecule has 0 aliphatic heterocycles. The van der Waals surface area contributed by atoms with Crippen molar-refractivity contribution in [1.82, 2.24) is 15.0 Å². The Hall–Kier alpha value is -2.12. The largest absolute Gasteiger partial charge is 0.464 e. The van der Waals surface area contributed by atoms with Crippen molar-refractivity contribution >= 4 is 17.8 Å². The maximum atomic E-state index is 11.7. The number of hydrogen-bond acceptors (Lipinski definition) is 7. The average molecular weight is 312 g/mol. The zero-order valence-electron chi connectivity index (χ0n) is 13.4. The van der Waals surface area contributed by atoms with Crippen molar-refractivity contribution in [1.29, 1.82) is 0 Å². The molecule has 124 valence electrons. The summed E-state index contributed by atoms with van der Waals surface area (Å²) in [4.78, 5) is 23.4. The van der Waals surface area contributed by atoms with Crippen molar-refractivity contribution in [3.63, 3.8) is 0 Å². The zero-order valence-corrected chi connectivity index (χ0v) is 13.4. The number of nitrogens with two attached hydrogens (primary N) is 1. The van der Waals surface area contributed by atoms with Gasteiger partial charge in [0.2, 0.25) is 5.69 Å². The number of esters is 2. The molecule has 0 radical (unpaired) electrons. The fourth-order valence-electron chi connectivity index (χ4n) is 1.74. The number of nitrogen functional groups attached to an aromatic ring is 1. The van der Waals surface area contributed by atoms with Crippen LogP contribution >= 0.6 is 0 Å². The van der Waals surface area contributed by atoms with Gasteiger partial charge in [0.15, 0.2) is 5.82 Å². The summed E-state index contributed by atoms with van der Waals surface area (Å²) in [5.74, 6) is -1.13. The van der Waals surface area contributed by atoms with E-state index < -0.39 is 11.9 Å². The Bertz CT molecular complexity index is 499. The summed E-state index contributed by atoms with van der Waals surface area (Å²) in [7, 11) is 0. The third kappa shape index (κ3) is 5.71. The van der Waals surface area contributed by atoms with Gasteiger partial charge in [-0.2, -0.15) is 0 Å². The molecule has 22 heavy (non-hydrogen) atoms. The highest BCUT2D eigenvalue weighted by Crippen LogP contribution is 2.10. The molecule has 0 spiro atoms.